The minimum Gasteiger partial charge on any atom is -0.258 e. The van der Waals surface area contributed by atoms with Gasteiger partial charge in [0.15, 0.2) is 0 Å². The van der Waals surface area contributed by atoms with Gasteiger partial charge in [-0.15, -0.1) is 0 Å². The molecule has 0 aromatic heterocycles. The molecule has 22 heavy (non-hydrogen) atoms. The first-order chi connectivity index (χ1) is 10.5. The Morgan fingerprint density at radius 3 is 2.50 bits per heavy atom. The van der Waals surface area contributed by atoms with Crippen LogP contribution in [-0.4, -0.2) is 24.2 Å². The molecule has 0 atom stereocenters. The molecule has 0 bridgehead atoms. The molecule has 0 saturated carbocycles. The van der Waals surface area contributed by atoms with Crippen LogP contribution < -0.4 is 0 Å². The van der Waals surface area contributed by atoms with Crippen LogP contribution in [0.2, 0.25) is 0 Å². The number of nitro groups is 1. The molecule has 7 heteroatoms. The zero-order valence-corrected chi connectivity index (χ0v) is 12.5. The second kappa shape index (κ2) is 5.51. The summed E-state index contributed by atoms with van der Waals surface area (Å²) in [7, 11) is -3.73. The smallest absolute Gasteiger partial charge is 0.258 e. The Kier molecular flexibility index (Phi) is 3.67. The van der Waals surface area contributed by atoms with Gasteiger partial charge in [0.1, 0.15) is 0 Å². The number of fused-ring (bicyclic) bond motifs is 1. The lowest BCUT2D eigenvalue weighted by Crippen LogP contribution is -2.35. The predicted octanol–water partition coefficient (Wildman–Crippen LogP) is 2.34. The normalized spacial score (nSPS) is 15.3. The summed E-state index contributed by atoms with van der Waals surface area (Å²) < 4.78 is 26.7. The largest absolute Gasteiger partial charge is 0.270 e. The minimum atomic E-state index is -3.73. The van der Waals surface area contributed by atoms with Crippen molar-refractivity contribution < 1.29 is 13.3 Å². The third-order valence-corrected chi connectivity index (χ3v) is 5.60. The van der Waals surface area contributed by atoms with E-state index in [0.717, 1.165) is 17.2 Å². The van der Waals surface area contributed by atoms with Crippen LogP contribution in [0.1, 0.15) is 11.1 Å². The van der Waals surface area contributed by atoms with E-state index in [2.05, 4.69) is 0 Å². The zero-order chi connectivity index (χ0) is 15.7. The molecule has 0 N–H and O–H groups in total. The highest BCUT2D eigenvalue weighted by Gasteiger charge is 2.29. The Hall–Kier alpha value is -2.25. The maximum Gasteiger partial charge on any atom is 0.270 e. The number of hydrogen-bond acceptors (Lipinski definition) is 4. The third kappa shape index (κ3) is 2.60. The monoisotopic (exact) mass is 318 g/mol. The maximum atomic E-state index is 12.7. The highest BCUT2D eigenvalue weighted by atomic mass is 32.2. The predicted molar refractivity (Wildman–Crippen MR) is 80.8 cm³/mol. The van der Waals surface area contributed by atoms with E-state index in [4.69, 9.17) is 0 Å². The Labute approximate surface area is 128 Å². The number of sulfonamides is 1. The second-order valence-electron chi connectivity index (χ2n) is 5.11. The molecule has 1 aliphatic heterocycles. The molecular formula is C15H14N2O4S. The fourth-order valence-electron chi connectivity index (χ4n) is 2.58. The highest BCUT2D eigenvalue weighted by Crippen LogP contribution is 2.26. The van der Waals surface area contributed by atoms with Crippen molar-refractivity contribution in [2.45, 2.75) is 17.9 Å². The molecule has 3 rings (SSSR count). The Bertz CT molecular complexity index is 833. The van der Waals surface area contributed by atoms with Crippen molar-refractivity contribution in [3.05, 3.63) is 69.8 Å². The molecule has 0 spiro atoms. The van der Waals surface area contributed by atoms with E-state index in [1.54, 1.807) is 0 Å². The van der Waals surface area contributed by atoms with Crippen molar-refractivity contribution in [2.24, 2.45) is 0 Å². The van der Waals surface area contributed by atoms with Gasteiger partial charge in [-0.2, -0.15) is 4.31 Å². The zero-order valence-electron chi connectivity index (χ0n) is 11.7. The van der Waals surface area contributed by atoms with Gasteiger partial charge in [-0.1, -0.05) is 30.3 Å². The van der Waals surface area contributed by atoms with Gasteiger partial charge in [0.05, 0.1) is 9.82 Å². The van der Waals surface area contributed by atoms with Gasteiger partial charge in [0.2, 0.25) is 10.0 Å². The van der Waals surface area contributed by atoms with Crippen LogP contribution in [-0.2, 0) is 23.0 Å². The number of nitro benzene ring substituents is 1. The quantitative estimate of drug-likeness (QED) is 0.642. The van der Waals surface area contributed by atoms with Crippen LogP contribution in [0.4, 0.5) is 5.69 Å². The molecule has 0 aliphatic carbocycles. The van der Waals surface area contributed by atoms with E-state index in [9.17, 15) is 18.5 Å². The van der Waals surface area contributed by atoms with Crippen molar-refractivity contribution in [3.8, 4) is 0 Å². The van der Waals surface area contributed by atoms with Gasteiger partial charge in [-0.3, -0.25) is 10.1 Å². The van der Waals surface area contributed by atoms with E-state index in [1.165, 1.54) is 22.5 Å². The van der Waals surface area contributed by atoms with Gasteiger partial charge in [-0.25, -0.2) is 8.42 Å². The Morgan fingerprint density at radius 2 is 1.77 bits per heavy atom. The van der Waals surface area contributed by atoms with Crippen LogP contribution >= 0.6 is 0 Å². The van der Waals surface area contributed by atoms with Crippen molar-refractivity contribution in [2.75, 3.05) is 6.54 Å². The summed E-state index contributed by atoms with van der Waals surface area (Å²) in [6.07, 6.45) is 0.643. The first kappa shape index (κ1) is 14.7. The molecule has 2 aromatic carbocycles. The number of rotatable bonds is 3. The maximum absolute atomic E-state index is 12.7. The molecule has 2 aromatic rings. The molecule has 0 radical (unpaired) electrons. The fourth-order valence-corrected chi connectivity index (χ4v) is 4.04. The third-order valence-electron chi connectivity index (χ3n) is 3.76. The number of benzene rings is 2. The number of hydrogen-bond donors (Lipinski definition) is 0. The summed E-state index contributed by atoms with van der Waals surface area (Å²) in [5.74, 6) is 0. The summed E-state index contributed by atoms with van der Waals surface area (Å²) in [5.41, 5.74) is 1.90. The molecule has 0 unspecified atom stereocenters. The topological polar surface area (TPSA) is 80.5 Å². The molecule has 0 fully saturated rings. The summed E-state index contributed by atoms with van der Waals surface area (Å²) in [5, 5.41) is 10.8. The molecule has 1 aliphatic rings. The molecular weight excluding hydrogens is 304 g/mol. The van der Waals surface area contributed by atoms with E-state index >= 15 is 0 Å². The van der Waals surface area contributed by atoms with Crippen molar-refractivity contribution in [1.29, 1.82) is 0 Å². The molecule has 6 nitrogen and oxygen atoms in total. The van der Waals surface area contributed by atoms with E-state index in [1.807, 2.05) is 24.3 Å². The van der Waals surface area contributed by atoms with Crippen LogP contribution in [0.15, 0.2) is 53.4 Å². The summed E-state index contributed by atoms with van der Waals surface area (Å²) >= 11 is 0. The molecule has 0 saturated heterocycles. The van der Waals surface area contributed by atoms with Crippen molar-refractivity contribution >= 4 is 15.7 Å². The average Bonchev–Trinajstić information content (AvgIpc) is 2.54. The van der Waals surface area contributed by atoms with Crippen LogP contribution in [0.25, 0.3) is 0 Å². The standard InChI is InChI=1S/C15H14N2O4S/c18-17(19)14-6-3-7-15(10-14)22(20,21)16-9-8-12-4-1-2-5-13(12)11-16/h1-7,10H,8-9,11H2. The lowest BCUT2D eigenvalue weighted by atomic mass is 10.0. The van der Waals surface area contributed by atoms with Crippen LogP contribution in [0, 0.1) is 10.1 Å². The summed E-state index contributed by atoms with van der Waals surface area (Å²) in [4.78, 5) is 10.2. The first-order valence-corrected chi connectivity index (χ1v) is 8.24. The van der Waals surface area contributed by atoms with Crippen LogP contribution in [0.5, 0.6) is 0 Å². The van der Waals surface area contributed by atoms with Gasteiger partial charge >= 0.3 is 0 Å². The summed E-state index contributed by atoms with van der Waals surface area (Å²) in [6, 6.07) is 12.9. The minimum absolute atomic E-state index is 0.0407. The van der Waals surface area contributed by atoms with Crippen molar-refractivity contribution in [1.82, 2.24) is 4.31 Å². The van der Waals surface area contributed by atoms with E-state index in [-0.39, 0.29) is 10.6 Å². The van der Waals surface area contributed by atoms with Gasteiger partial charge in [0, 0.05) is 25.2 Å². The SMILES string of the molecule is O=[N+]([O-])c1cccc(S(=O)(=O)N2CCc3ccccc3C2)c1. The fraction of sp³-hybridized carbons (Fsp3) is 0.200. The number of non-ortho nitro benzene ring substituents is 1. The van der Waals surface area contributed by atoms with Gasteiger partial charge in [0.25, 0.3) is 5.69 Å². The molecule has 0 amide bonds. The van der Waals surface area contributed by atoms with Gasteiger partial charge < -0.3 is 0 Å². The molecule has 114 valence electrons. The Balaban J connectivity index is 1.94. The molecule has 1 heterocycles. The lowest BCUT2D eigenvalue weighted by Gasteiger charge is -2.28. The van der Waals surface area contributed by atoms with Crippen LogP contribution in [0.3, 0.4) is 0 Å². The Morgan fingerprint density at radius 1 is 1.05 bits per heavy atom. The van der Waals surface area contributed by atoms with Gasteiger partial charge in [-0.05, 0) is 23.6 Å². The second-order valence-corrected chi connectivity index (χ2v) is 7.05. The van der Waals surface area contributed by atoms with Crippen molar-refractivity contribution in [3.63, 3.8) is 0 Å². The average molecular weight is 318 g/mol. The summed E-state index contributed by atoms with van der Waals surface area (Å²) in [6.45, 7) is 0.670. The highest BCUT2D eigenvalue weighted by molar-refractivity contribution is 7.89. The van der Waals surface area contributed by atoms with E-state index in [0.29, 0.717) is 19.5 Å². The lowest BCUT2D eigenvalue weighted by molar-refractivity contribution is -0.385. The number of nitrogens with zero attached hydrogens (tertiary/aromatic N) is 2. The first-order valence-electron chi connectivity index (χ1n) is 6.80. The van der Waals surface area contributed by atoms with E-state index < -0.39 is 14.9 Å².